The lowest BCUT2D eigenvalue weighted by atomic mass is 9.85. The molecular weight excluding hydrogens is 168 g/mol. The Morgan fingerprint density at radius 1 is 1.31 bits per heavy atom. The highest BCUT2D eigenvalue weighted by atomic mass is 16.6. The van der Waals surface area contributed by atoms with Crippen molar-refractivity contribution >= 4 is 5.97 Å². The Morgan fingerprint density at radius 3 is 2.38 bits per heavy atom. The van der Waals surface area contributed by atoms with Crippen LogP contribution in [0.15, 0.2) is 0 Å². The second kappa shape index (κ2) is 4.61. The predicted octanol–water partition coefficient (Wildman–Crippen LogP) is 1.90. The van der Waals surface area contributed by atoms with E-state index in [-0.39, 0.29) is 5.97 Å². The summed E-state index contributed by atoms with van der Waals surface area (Å²) in [5, 5.41) is 0. The molecule has 0 aliphatic heterocycles. The lowest BCUT2D eigenvalue weighted by Crippen LogP contribution is -2.43. The summed E-state index contributed by atoms with van der Waals surface area (Å²) in [5.74, 6) is -0.183. The van der Waals surface area contributed by atoms with Gasteiger partial charge in [0, 0.05) is 7.11 Å². The number of methoxy groups -OCH3 is 1. The SMILES string of the molecule is CCOC(=O)C1(OC)CCCCC1. The lowest BCUT2D eigenvalue weighted by Gasteiger charge is -2.33. The molecule has 3 nitrogen and oxygen atoms in total. The molecule has 0 atom stereocenters. The Labute approximate surface area is 79.4 Å². The summed E-state index contributed by atoms with van der Waals surface area (Å²) in [5.41, 5.74) is -0.631. The van der Waals surface area contributed by atoms with Gasteiger partial charge < -0.3 is 9.47 Å². The summed E-state index contributed by atoms with van der Waals surface area (Å²) in [6.07, 6.45) is 4.94. The van der Waals surface area contributed by atoms with E-state index in [9.17, 15) is 4.79 Å². The van der Waals surface area contributed by atoms with Crippen LogP contribution in [-0.2, 0) is 14.3 Å². The maximum atomic E-state index is 11.6. The Balaban J connectivity index is 2.61. The smallest absolute Gasteiger partial charge is 0.338 e. The maximum absolute atomic E-state index is 11.6. The van der Waals surface area contributed by atoms with Crippen molar-refractivity contribution in [3.05, 3.63) is 0 Å². The minimum Gasteiger partial charge on any atom is -0.464 e. The largest absolute Gasteiger partial charge is 0.464 e. The monoisotopic (exact) mass is 186 g/mol. The van der Waals surface area contributed by atoms with Crippen molar-refractivity contribution in [1.29, 1.82) is 0 Å². The number of ether oxygens (including phenoxy) is 2. The fraction of sp³-hybridized carbons (Fsp3) is 0.900. The number of carbonyl (C=O) groups is 1. The second-order valence-electron chi connectivity index (χ2n) is 3.48. The first-order valence-corrected chi connectivity index (χ1v) is 4.97. The van der Waals surface area contributed by atoms with E-state index in [0.29, 0.717) is 6.61 Å². The zero-order valence-electron chi connectivity index (χ0n) is 8.47. The molecule has 1 saturated carbocycles. The van der Waals surface area contributed by atoms with Gasteiger partial charge in [0.2, 0.25) is 0 Å². The zero-order valence-corrected chi connectivity index (χ0v) is 8.47. The predicted molar refractivity (Wildman–Crippen MR) is 49.5 cm³/mol. The van der Waals surface area contributed by atoms with E-state index in [2.05, 4.69) is 0 Å². The van der Waals surface area contributed by atoms with Crippen LogP contribution in [0, 0.1) is 0 Å². The van der Waals surface area contributed by atoms with Gasteiger partial charge in [-0.3, -0.25) is 0 Å². The molecule has 0 saturated heterocycles. The normalized spacial score (nSPS) is 21.1. The van der Waals surface area contributed by atoms with Crippen LogP contribution in [-0.4, -0.2) is 25.3 Å². The van der Waals surface area contributed by atoms with Gasteiger partial charge in [0.15, 0.2) is 5.60 Å². The molecule has 0 aromatic rings. The van der Waals surface area contributed by atoms with Crippen molar-refractivity contribution in [3.63, 3.8) is 0 Å². The molecule has 0 amide bonds. The van der Waals surface area contributed by atoms with Crippen molar-refractivity contribution in [2.24, 2.45) is 0 Å². The van der Waals surface area contributed by atoms with Gasteiger partial charge in [-0.2, -0.15) is 0 Å². The summed E-state index contributed by atoms with van der Waals surface area (Å²) < 4.78 is 10.3. The molecule has 1 aliphatic rings. The van der Waals surface area contributed by atoms with E-state index in [0.717, 1.165) is 25.7 Å². The van der Waals surface area contributed by atoms with E-state index in [4.69, 9.17) is 9.47 Å². The van der Waals surface area contributed by atoms with Gasteiger partial charge >= 0.3 is 5.97 Å². The van der Waals surface area contributed by atoms with Crippen LogP contribution >= 0.6 is 0 Å². The molecule has 3 heteroatoms. The first kappa shape index (κ1) is 10.5. The summed E-state index contributed by atoms with van der Waals surface area (Å²) in [6, 6.07) is 0. The summed E-state index contributed by atoms with van der Waals surface area (Å²) in [7, 11) is 1.60. The fourth-order valence-corrected chi connectivity index (χ4v) is 1.88. The molecule has 0 spiro atoms. The Bertz CT molecular complexity index is 171. The number of carbonyl (C=O) groups excluding carboxylic acids is 1. The molecule has 0 aromatic carbocycles. The third-order valence-corrected chi connectivity index (χ3v) is 2.70. The fourth-order valence-electron chi connectivity index (χ4n) is 1.88. The number of rotatable bonds is 3. The summed E-state index contributed by atoms with van der Waals surface area (Å²) in [6.45, 7) is 2.26. The Hall–Kier alpha value is -0.570. The highest BCUT2D eigenvalue weighted by Gasteiger charge is 2.40. The number of esters is 1. The van der Waals surface area contributed by atoms with Crippen LogP contribution in [0.1, 0.15) is 39.0 Å². The Morgan fingerprint density at radius 2 is 1.92 bits per heavy atom. The molecule has 76 valence electrons. The quantitative estimate of drug-likeness (QED) is 0.631. The Kier molecular flexibility index (Phi) is 3.72. The molecule has 0 bridgehead atoms. The molecule has 1 aliphatic carbocycles. The molecule has 13 heavy (non-hydrogen) atoms. The van der Waals surface area contributed by atoms with Crippen LogP contribution in [0.5, 0.6) is 0 Å². The molecule has 0 heterocycles. The maximum Gasteiger partial charge on any atom is 0.338 e. The first-order valence-electron chi connectivity index (χ1n) is 4.97. The van der Waals surface area contributed by atoms with E-state index in [1.165, 1.54) is 6.42 Å². The topological polar surface area (TPSA) is 35.5 Å². The van der Waals surface area contributed by atoms with E-state index in [1.807, 2.05) is 6.92 Å². The van der Waals surface area contributed by atoms with Crippen molar-refractivity contribution in [3.8, 4) is 0 Å². The van der Waals surface area contributed by atoms with Crippen molar-refractivity contribution in [2.45, 2.75) is 44.6 Å². The minimum atomic E-state index is -0.631. The van der Waals surface area contributed by atoms with Crippen molar-refractivity contribution in [2.75, 3.05) is 13.7 Å². The molecule has 0 aromatic heterocycles. The summed E-state index contributed by atoms with van der Waals surface area (Å²) >= 11 is 0. The molecule has 1 fully saturated rings. The molecular formula is C10H18O3. The third-order valence-electron chi connectivity index (χ3n) is 2.70. The lowest BCUT2D eigenvalue weighted by molar-refractivity contribution is -0.172. The minimum absolute atomic E-state index is 0.183. The van der Waals surface area contributed by atoms with Gasteiger partial charge in [-0.05, 0) is 32.6 Å². The highest BCUT2D eigenvalue weighted by molar-refractivity contribution is 5.79. The van der Waals surface area contributed by atoms with Gasteiger partial charge in [0.25, 0.3) is 0 Å². The van der Waals surface area contributed by atoms with Gasteiger partial charge in [-0.25, -0.2) is 4.79 Å². The van der Waals surface area contributed by atoms with E-state index >= 15 is 0 Å². The van der Waals surface area contributed by atoms with Crippen molar-refractivity contribution < 1.29 is 14.3 Å². The molecule has 0 N–H and O–H groups in total. The standard InChI is InChI=1S/C10H18O3/c1-3-13-9(11)10(12-2)7-5-4-6-8-10/h3-8H2,1-2H3. The van der Waals surface area contributed by atoms with E-state index in [1.54, 1.807) is 7.11 Å². The van der Waals surface area contributed by atoms with Gasteiger partial charge in [0.05, 0.1) is 6.61 Å². The number of hydrogen-bond donors (Lipinski definition) is 0. The molecule has 0 radical (unpaired) electrons. The van der Waals surface area contributed by atoms with Crippen LogP contribution in [0.3, 0.4) is 0 Å². The van der Waals surface area contributed by atoms with Crippen LogP contribution in [0.4, 0.5) is 0 Å². The second-order valence-corrected chi connectivity index (χ2v) is 3.48. The highest BCUT2D eigenvalue weighted by Crippen LogP contribution is 2.32. The zero-order chi connectivity index (χ0) is 9.73. The summed E-state index contributed by atoms with van der Waals surface area (Å²) in [4.78, 5) is 11.6. The third kappa shape index (κ3) is 2.21. The molecule has 0 unspecified atom stereocenters. The van der Waals surface area contributed by atoms with Gasteiger partial charge in [-0.15, -0.1) is 0 Å². The van der Waals surface area contributed by atoms with Crippen LogP contribution < -0.4 is 0 Å². The average molecular weight is 186 g/mol. The van der Waals surface area contributed by atoms with Gasteiger partial charge in [0.1, 0.15) is 0 Å². The van der Waals surface area contributed by atoms with Gasteiger partial charge in [-0.1, -0.05) is 6.42 Å². The van der Waals surface area contributed by atoms with Crippen LogP contribution in [0.2, 0.25) is 0 Å². The number of hydrogen-bond acceptors (Lipinski definition) is 3. The molecule has 1 rings (SSSR count). The first-order chi connectivity index (χ1) is 6.25. The van der Waals surface area contributed by atoms with Crippen molar-refractivity contribution in [1.82, 2.24) is 0 Å². The average Bonchev–Trinajstić information content (AvgIpc) is 2.19. The van der Waals surface area contributed by atoms with Crippen LogP contribution in [0.25, 0.3) is 0 Å². The van der Waals surface area contributed by atoms with E-state index < -0.39 is 5.60 Å².